The number of pyridine rings is 1. The first kappa shape index (κ1) is 13.9. The normalized spacial score (nSPS) is 19.2. The van der Waals surface area contributed by atoms with E-state index < -0.39 is 23.3 Å². The van der Waals surface area contributed by atoms with Crippen molar-refractivity contribution < 1.29 is 17.9 Å². The van der Waals surface area contributed by atoms with Gasteiger partial charge in [0.15, 0.2) is 0 Å². The second-order valence-electron chi connectivity index (χ2n) is 4.04. The van der Waals surface area contributed by atoms with Crippen LogP contribution in [0.3, 0.4) is 0 Å². The van der Waals surface area contributed by atoms with Crippen molar-refractivity contribution in [3.05, 3.63) is 28.2 Å². The van der Waals surface area contributed by atoms with Crippen molar-refractivity contribution >= 4 is 23.1 Å². The average Bonchev–Trinajstić information content (AvgIpc) is 2.84. The van der Waals surface area contributed by atoms with E-state index in [-0.39, 0.29) is 12.3 Å². The van der Waals surface area contributed by atoms with Crippen LogP contribution in [0.2, 0.25) is 0 Å². The fourth-order valence-electron chi connectivity index (χ4n) is 1.88. The van der Waals surface area contributed by atoms with Crippen molar-refractivity contribution in [1.82, 2.24) is 4.57 Å². The van der Waals surface area contributed by atoms with Gasteiger partial charge in [-0.25, -0.2) is 0 Å². The number of aromatic nitrogens is 1. The molecule has 0 saturated carbocycles. The maximum absolute atomic E-state index is 12.8. The highest BCUT2D eigenvalue weighted by molar-refractivity contribution is 7.78. The number of isothiocyanates is 1. The minimum absolute atomic E-state index is 0.210. The largest absolute Gasteiger partial charge is 0.417 e. The van der Waals surface area contributed by atoms with Crippen LogP contribution in [0.1, 0.15) is 18.0 Å². The molecule has 1 saturated heterocycles. The summed E-state index contributed by atoms with van der Waals surface area (Å²) in [4.78, 5) is 15.4. The van der Waals surface area contributed by atoms with Crippen molar-refractivity contribution in [3.8, 4) is 0 Å². The number of hydrogen-bond acceptors (Lipinski definition) is 4. The summed E-state index contributed by atoms with van der Waals surface area (Å²) in [5.74, 6) is 0. The van der Waals surface area contributed by atoms with Crippen LogP contribution in [0.15, 0.2) is 22.1 Å². The van der Waals surface area contributed by atoms with Crippen LogP contribution in [0.4, 0.5) is 18.9 Å². The van der Waals surface area contributed by atoms with E-state index in [0.29, 0.717) is 19.1 Å². The van der Waals surface area contributed by atoms with Gasteiger partial charge in [-0.05, 0) is 24.7 Å². The molecule has 1 aromatic rings. The highest BCUT2D eigenvalue weighted by Crippen LogP contribution is 2.31. The zero-order valence-electron chi connectivity index (χ0n) is 9.61. The van der Waals surface area contributed by atoms with Gasteiger partial charge in [-0.1, -0.05) is 0 Å². The third-order valence-electron chi connectivity index (χ3n) is 2.82. The molecule has 1 atom stereocenters. The number of aliphatic imine (C=N–C) groups is 1. The third-order valence-corrected chi connectivity index (χ3v) is 2.91. The van der Waals surface area contributed by atoms with Gasteiger partial charge in [-0.3, -0.25) is 4.79 Å². The Morgan fingerprint density at radius 3 is 2.79 bits per heavy atom. The van der Waals surface area contributed by atoms with Crippen molar-refractivity contribution in [2.45, 2.75) is 18.6 Å². The predicted molar refractivity (Wildman–Crippen MR) is 64.9 cm³/mol. The van der Waals surface area contributed by atoms with Gasteiger partial charge in [-0.2, -0.15) is 18.2 Å². The zero-order chi connectivity index (χ0) is 14.0. The van der Waals surface area contributed by atoms with Crippen LogP contribution >= 0.6 is 12.2 Å². The van der Waals surface area contributed by atoms with E-state index in [4.69, 9.17) is 4.74 Å². The summed E-state index contributed by atoms with van der Waals surface area (Å²) < 4.78 is 44.4. The molecule has 1 aromatic heterocycles. The predicted octanol–water partition coefficient (Wildman–Crippen LogP) is 2.56. The van der Waals surface area contributed by atoms with Crippen LogP contribution in [0.25, 0.3) is 0 Å². The van der Waals surface area contributed by atoms with Gasteiger partial charge in [0.05, 0.1) is 23.4 Å². The summed E-state index contributed by atoms with van der Waals surface area (Å²) in [5, 5.41) is 1.92. The first-order valence-electron chi connectivity index (χ1n) is 5.42. The maximum Gasteiger partial charge on any atom is 0.417 e. The van der Waals surface area contributed by atoms with Gasteiger partial charge in [-0.15, -0.1) is 0 Å². The lowest BCUT2D eigenvalue weighted by Crippen LogP contribution is -2.26. The number of halogens is 3. The summed E-state index contributed by atoms with van der Waals surface area (Å²) >= 11 is 4.34. The fourth-order valence-corrected chi connectivity index (χ4v) is 1.98. The first-order chi connectivity index (χ1) is 8.93. The molecule has 8 heteroatoms. The number of rotatable bonds is 2. The molecule has 1 fully saturated rings. The lowest BCUT2D eigenvalue weighted by atomic mass is 10.2. The molecule has 102 valence electrons. The molecule has 4 nitrogen and oxygen atoms in total. The van der Waals surface area contributed by atoms with Crippen molar-refractivity contribution in [2.75, 3.05) is 13.2 Å². The van der Waals surface area contributed by atoms with Gasteiger partial charge in [0.1, 0.15) is 5.69 Å². The van der Waals surface area contributed by atoms with Crippen LogP contribution in [0, 0.1) is 0 Å². The Balaban J connectivity index is 2.60. The molecule has 1 aliphatic rings. The standard InChI is InChI=1S/C11H9F3N2O2S/c12-11(13,14)7-3-9(15-6-19)10(17)16(4-7)8-1-2-18-5-8/h3-4,8H,1-2,5H2. The van der Waals surface area contributed by atoms with Gasteiger partial charge < -0.3 is 9.30 Å². The third kappa shape index (κ3) is 2.91. The summed E-state index contributed by atoms with van der Waals surface area (Å²) in [6.07, 6.45) is -3.27. The van der Waals surface area contributed by atoms with E-state index in [2.05, 4.69) is 17.2 Å². The lowest BCUT2D eigenvalue weighted by Gasteiger charge is -2.15. The van der Waals surface area contributed by atoms with Crippen molar-refractivity contribution in [1.29, 1.82) is 0 Å². The molecule has 2 rings (SSSR count). The molecular formula is C11H9F3N2O2S. The summed E-state index contributed by atoms with van der Waals surface area (Å²) in [6.45, 7) is 0.626. The van der Waals surface area contributed by atoms with Gasteiger partial charge in [0.2, 0.25) is 0 Å². The Bertz CT molecular complexity index is 585. The van der Waals surface area contributed by atoms with E-state index in [1.807, 2.05) is 5.16 Å². The molecule has 0 radical (unpaired) electrons. The Hall–Kier alpha value is -1.50. The fraction of sp³-hybridized carbons (Fsp3) is 0.455. The van der Waals surface area contributed by atoms with Gasteiger partial charge in [0.25, 0.3) is 5.56 Å². The molecule has 0 bridgehead atoms. The molecule has 0 amide bonds. The second-order valence-corrected chi connectivity index (χ2v) is 4.23. The molecule has 2 heterocycles. The quantitative estimate of drug-likeness (QED) is 0.621. The highest BCUT2D eigenvalue weighted by Gasteiger charge is 2.33. The van der Waals surface area contributed by atoms with E-state index in [1.165, 1.54) is 0 Å². The molecule has 19 heavy (non-hydrogen) atoms. The molecule has 0 aromatic carbocycles. The molecular weight excluding hydrogens is 281 g/mol. The Morgan fingerprint density at radius 2 is 2.26 bits per heavy atom. The number of nitrogens with zero attached hydrogens (tertiary/aromatic N) is 2. The maximum atomic E-state index is 12.8. The topological polar surface area (TPSA) is 43.6 Å². The number of thiocarbonyl (C=S) groups is 1. The first-order valence-corrected chi connectivity index (χ1v) is 5.83. The van der Waals surface area contributed by atoms with Crippen LogP contribution in [-0.4, -0.2) is 22.9 Å². The second kappa shape index (κ2) is 5.24. The SMILES string of the molecule is O=c1c(N=C=S)cc(C(F)(F)F)cn1C1CCOC1. The molecule has 1 aliphatic heterocycles. The van der Waals surface area contributed by atoms with Gasteiger partial charge in [0, 0.05) is 12.8 Å². The lowest BCUT2D eigenvalue weighted by molar-refractivity contribution is -0.138. The van der Waals surface area contributed by atoms with Crippen LogP contribution in [0.5, 0.6) is 0 Å². The Labute approximate surface area is 111 Å². The molecule has 0 spiro atoms. The zero-order valence-corrected chi connectivity index (χ0v) is 10.4. The van der Waals surface area contributed by atoms with E-state index in [1.54, 1.807) is 0 Å². The minimum atomic E-state index is -4.55. The number of ether oxygens (including phenoxy) is 1. The molecule has 0 N–H and O–H groups in total. The van der Waals surface area contributed by atoms with Crippen molar-refractivity contribution in [3.63, 3.8) is 0 Å². The van der Waals surface area contributed by atoms with E-state index >= 15 is 0 Å². The Morgan fingerprint density at radius 1 is 1.53 bits per heavy atom. The average molecular weight is 290 g/mol. The molecule has 0 aliphatic carbocycles. The Kier molecular flexibility index (Phi) is 3.84. The van der Waals surface area contributed by atoms with Crippen LogP contribution in [-0.2, 0) is 10.9 Å². The number of alkyl halides is 3. The van der Waals surface area contributed by atoms with E-state index in [9.17, 15) is 18.0 Å². The van der Waals surface area contributed by atoms with Gasteiger partial charge >= 0.3 is 6.18 Å². The summed E-state index contributed by atoms with van der Waals surface area (Å²) in [7, 11) is 0. The smallest absolute Gasteiger partial charge is 0.379 e. The van der Waals surface area contributed by atoms with Crippen LogP contribution < -0.4 is 5.56 Å². The highest BCUT2D eigenvalue weighted by atomic mass is 32.1. The van der Waals surface area contributed by atoms with Crippen molar-refractivity contribution in [2.24, 2.45) is 4.99 Å². The monoisotopic (exact) mass is 290 g/mol. The summed E-state index contributed by atoms with van der Waals surface area (Å²) in [6, 6.07) is 0.266. The number of hydrogen-bond donors (Lipinski definition) is 0. The van der Waals surface area contributed by atoms with E-state index in [0.717, 1.165) is 10.8 Å². The summed E-state index contributed by atoms with van der Waals surface area (Å²) in [5.41, 5.74) is -1.93. The minimum Gasteiger partial charge on any atom is -0.379 e. The molecule has 1 unspecified atom stereocenters.